The first kappa shape index (κ1) is 24.7. The number of hydrogen-bond acceptors (Lipinski definition) is 2. The maximum Gasteiger partial charge on any atom is 0.215 e. The molecule has 0 amide bonds. The maximum absolute atomic E-state index is 5.34. The molecule has 3 aromatic heterocycles. The SMILES string of the molecule is Cc1c2c(cc3c1n(C)c1nc4c(C(C)(C)C)cccc4n31)nc(-c1c(C(C)C)cccc1C(C)C)n2C. The summed E-state index contributed by atoms with van der Waals surface area (Å²) >= 11 is 0. The quantitative estimate of drug-likeness (QED) is 0.242. The number of imidazole rings is 3. The molecule has 0 saturated carbocycles. The van der Waals surface area contributed by atoms with Crippen LogP contribution in [0.15, 0.2) is 42.5 Å². The zero-order chi connectivity index (χ0) is 27.3. The third kappa shape index (κ3) is 3.30. The van der Waals surface area contributed by atoms with Crippen LogP contribution in [0.1, 0.15) is 82.6 Å². The highest BCUT2D eigenvalue weighted by atomic mass is 15.2. The molecule has 0 spiro atoms. The van der Waals surface area contributed by atoms with Crippen LogP contribution >= 0.6 is 0 Å². The van der Waals surface area contributed by atoms with Crippen LogP contribution in [0.3, 0.4) is 0 Å². The second-order valence-electron chi connectivity index (χ2n) is 12.6. The number of fused-ring (bicyclic) bond motifs is 6. The lowest BCUT2D eigenvalue weighted by Gasteiger charge is -2.19. The van der Waals surface area contributed by atoms with Crippen LogP contribution in [0, 0.1) is 6.92 Å². The van der Waals surface area contributed by atoms with Crippen molar-refractivity contribution in [2.45, 2.75) is 72.6 Å². The molecule has 0 fully saturated rings. The van der Waals surface area contributed by atoms with E-state index in [0.717, 1.165) is 33.7 Å². The van der Waals surface area contributed by atoms with Gasteiger partial charge in [-0.15, -0.1) is 0 Å². The van der Waals surface area contributed by atoms with Crippen molar-refractivity contribution in [3.63, 3.8) is 0 Å². The second kappa shape index (κ2) is 8.20. The van der Waals surface area contributed by atoms with Gasteiger partial charge in [0.1, 0.15) is 5.82 Å². The van der Waals surface area contributed by atoms with Crippen molar-refractivity contribution in [3.8, 4) is 11.4 Å². The summed E-state index contributed by atoms with van der Waals surface area (Å²) in [5.74, 6) is 2.85. The molecule has 0 N–H and O–H groups in total. The Morgan fingerprint density at radius 3 is 2.00 bits per heavy atom. The van der Waals surface area contributed by atoms with E-state index in [1.165, 1.54) is 38.9 Å². The summed E-state index contributed by atoms with van der Waals surface area (Å²) in [7, 11) is 4.31. The molecule has 5 nitrogen and oxygen atoms in total. The topological polar surface area (TPSA) is 40.1 Å². The van der Waals surface area contributed by atoms with Gasteiger partial charge >= 0.3 is 0 Å². The lowest BCUT2D eigenvalue weighted by molar-refractivity contribution is 0.595. The van der Waals surface area contributed by atoms with E-state index in [4.69, 9.17) is 9.97 Å². The molecule has 6 rings (SSSR count). The first-order valence-corrected chi connectivity index (χ1v) is 13.8. The number of benzene rings is 3. The summed E-state index contributed by atoms with van der Waals surface area (Å²) in [6, 6.07) is 15.6. The summed E-state index contributed by atoms with van der Waals surface area (Å²) < 4.78 is 6.88. The molecule has 3 heterocycles. The standard InChI is InChI=1S/C33H39N5/c1-18(2)21-13-11-14-22(19(3)4)27(21)31-34-24-17-26-30(20(5)29(24)36(31)9)37(10)32-35-28-23(33(6,7)8)15-12-16-25(28)38(26)32/h11-19H,1-10H3. The lowest BCUT2D eigenvalue weighted by atomic mass is 9.86. The van der Waals surface area contributed by atoms with Gasteiger partial charge in [0, 0.05) is 25.2 Å². The average Bonchev–Trinajstić information content (AvgIpc) is 3.48. The fourth-order valence-corrected chi connectivity index (χ4v) is 6.45. The van der Waals surface area contributed by atoms with E-state index in [0.29, 0.717) is 11.8 Å². The monoisotopic (exact) mass is 505 g/mol. The third-order valence-corrected chi connectivity index (χ3v) is 8.30. The van der Waals surface area contributed by atoms with Crippen molar-refractivity contribution < 1.29 is 0 Å². The van der Waals surface area contributed by atoms with Gasteiger partial charge in [-0.1, -0.05) is 78.8 Å². The second-order valence-corrected chi connectivity index (χ2v) is 12.6. The van der Waals surface area contributed by atoms with Gasteiger partial charge in [-0.05, 0) is 53.0 Å². The van der Waals surface area contributed by atoms with Crippen molar-refractivity contribution in [1.82, 2.24) is 23.5 Å². The molecule has 5 heteroatoms. The van der Waals surface area contributed by atoms with Crippen LogP contribution < -0.4 is 0 Å². The summed E-state index contributed by atoms with van der Waals surface area (Å²) in [5, 5.41) is 0. The zero-order valence-corrected chi connectivity index (χ0v) is 24.4. The minimum absolute atomic E-state index is 0.0181. The molecule has 0 saturated heterocycles. The third-order valence-electron chi connectivity index (χ3n) is 8.30. The van der Waals surface area contributed by atoms with Crippen LogP contribution in [0.2, 0.25) is 0 Å². The molecular weight excluding hydrogens is 466 g/mol. The van der Waals surface area contributed by atoms with Crippen LogP contribution in [0.4, 0.5) is 0 Å². The minimum atomic E-state index is 0.0181. The molecule has 0 aliphatic rings. The van der Waals surface area contributed by atoms with E-state index < -0.39 is 0 Å². The van der Waals surface area contributed by atoms with Gasteiger partial charge in [0.2, 0.25) is 5.78 Å². The Morgan fingerprint density at radius 2 is 1.39 bits per heavy atom. The van der Waals surface area contributed by atoms with Crippen LogP contribution in [0.25, 0.3) is 50.3 Å². The van der Waals surface area contributed by atoms with Crippen molar-refractivity contribution in [2.24, 2.45) is 14.1 Å². The molecule has 0 bridgehead atoms. The largest absolute Gasteiger partial charge is 0.327 e. The Morgan fingerprint density at radius 1 is 0.763 bits per heavy atom. The predicted molar refractivity (Wildman–Crippen MR) is 160 cm³/mol. The van der Waals surface area contributed by atoms with Gasteiger partial charge in [-0.2, -0.15) is 0 Å². The van der Waals surface area contributed by atoms with E-state index in [-0.39, 0.29) is 5.41 Å². The van der Waals surface area contributed by atoms with Gasteiger partial charge in [0.25, 0.3) is 0 Å². The first-order valence-electron chi connectivity index (χ1n) is 13.8. The maximum atomic E-state index is 5.34. The normalized spacial score (nSPS) is 12.9. The van der Waals surface area contributed by atoms with E-state index in [9.17, 15) is 0 Å². The van der Waals surface area contributed by atoms with Crippen molar-refractivity contribution in [3.05, 3.63) is 64.7 Å². The smallest absolute Gasteiger partial charge is 0.215 e. The van der Waals surface area contributed by atoms with Gasteiger partial charge in [-0.25, -0.2) is 9.97 Å². The van der Waals surface area contributed by atoms with Gasteiger partial charge in [0.15, 0.2) is 0 Å². The number of para-hydroxylation sites is 1. The van der Waals surface area contributed by atoms with Gasteiger partial charge in [0.05, 0.1) is 33.1 Å². The highest BCUT2D eigenvalue weighted by Crippen LogP contribution is 2.40. The molecule has 0 unspecified atom stereocenters. The number of aryl methyl sites for hydroxylation is 3. The fraction of sp³-hybridized carbons (Fsp3) is 0.394. The molecule has 0 radical (unpaired) electrons. The number of aromatic nitrogens is 5. The van der Waals surface area contributed by atoms with E-state index in [1.807, 2.05) is 0 Å². The van der Waals surface area contributed by atoms with Crippen molar-refractivity contribution in [1.29, 1.82) is 0 Å². The Kier molecular flexibility index (Phi) is 5.33. The molecule has 0 aliphatic heterocycles. The molecule has 0 aliphatic carbocycles. The molecule has 38 heavy (non-hydrogen) atoms. The van der Waals surface area contributed by atoms with E-state index in [1.54, 1.807) is 0 Å². The summed E-state index contributed by atoms with van der Waals surface area (Å²) in [6.45, 7) is 18.1. The Balaban J connectivity index is 1.72. The van der Waals surface area contributed by atoms with Gasteiger partial charge in [-0.3, -0.25) is 4.40 Å². The van der Waals surface area contributed by atoms with Gasteiger partial charge < -0.3 is 9.13 Å². The molecular formula is C33H39N5. The number of hydrogen-bond donors (Lipinski definition) is 0. The Bertz CT molecular complexity index is 1860. The highest BCUT2D eigenvalue weighted by molar-refractivity contribution is 6.02. The van der Waals surface area contributed by atoms with Crippen molar-refractivity contribution >= 4 is 38.9 Å². The molecule has 6 aromatic rings. The average molecular weight is 506 g/mol. The van der Waals surface area contributed by atoms with Crippen LogP contribution in [-0.4, -0.2) is 23.5 Å². The highest BCUT2D eigenvalue weighted by Gasteiger charge is 2.26. The zero-order valence-electron chi connectivity index (χ0n) is 24.4. The van der Waals surface area contributed by atoms with Crippen LogP contribution in [0.5, 0.6) is 0 Å². The molecule has 196 valence electrons. The van der Waals surface area contributed by atoms with E-state index in [2.05, 4.69) is 125 Å². The Labute approximate surface area is 225 Å². The molecule has 3 aromatic carbocycles. The summed E-state index contributed by atoms with van der Waals surface area (Å²) in [4.78, 5) is 10.5. The van der Waals surface area contributed by atoms with Crippen molar-refractivity contribution in [2.75, 3.05) is 0 Å². The first-order chi connectivity index (χ1) is 17.9. The minimum Gasteiger partial charge on any atom is -0.327 e. The van der Waals surface area contributed by atoms with E-state index >= 15 is 0 Å². The number of rotatable bonds is 3. The summed E-state index contributed by atoms with van der Waals surface area (Å²) in [6.07, 6.45) is 0. The predicted octanol–water partition coefficient (Wildman–Crippen LogP) is 8.39. The summed E-state index contributed by atoms with van der Waals surface area (Å²) in [5.41, 5.74) is 13.3. The Hall–Kier alpha value is -3.60. The molecule has 0 atom stereocenters. The lowest BCUT2D eigenvalue weighted by Crippen LogP contribution is -2.11. The number of nitrogens with zero attached hydrogens (tertiary/aromatic N) is 5. The fourth-order valence-electron chi connectivity index (χ4n) is 6.45. The van der Waals surface area contributed by atoms with Crippen LogP contribution in [-0.2, 0) is 19.5 Å².